The first-order valence-electron chi connectivity index (χ1n) is 10.1. The summed E-state index contributed by atoms with van der Waals surface area (Å²) < 4.78 is 32.2. The van der Waals surface area contributed by atoms with Crippen LogP contribution >= 0.6 is 11.3 Å². The van der Waals surface area contributed by atoms with Crippen LogP contribution in [0.4, 0.5) is 11.4 Å². The number of thiophene rings is 1. The SMILES string of the molecule is CC(=O)Nc1ccc(NC(=O)[C@H](C)OC(=O)C2CCN(S(=O)(=O)c3cccs3)CC2)cc1. The Hall–Kier alpha value is -2.76. The number of esters is 1. The quantitative estimate of drug-likeness (QED) is 0.589. The van der Waals surface area contributed by atoms with Gasteiger partial charge in [0.15, 0.2) is 6.10 Å². The molecule has 9 nitrogen and oxygen atoms in total. The first-order chi connectivity index (χ1) is 15.2. The van der Waals surface area contributed by atoms with Gasteiger partial charge in [-0.15, -0.1) is 11.3 Å². The Balaban J connectivity index is 1.48. The van der Waals surface area contributed by atoms with Crippen molar-refractivity contribution in [1.29, 1.82) is 0 Å². The Morgan fingerprint density at radius 3 is 2.19 bits per heavy atom. The summed E-state index contributed by atoms with van der Waals surface area (Å²) in [5.74, 6) is -1.65. The van der Waals surface area contributed by atoms with Gasteiger partial charge in [-0.2, -0.15) is 4.31 Å². The number of carbonyl (C=O) groups excluding carboxylic acids is 3. The highest BCUT2D eigenvalue weighted by Gasteiger charge is 2.34. The molecule has 1 saturated heterocycles. The summed E-state index contributed by atoms with van der Waals surface area (Å²) >= 11 is 1.16. The maximum absolute atomic E-state index is 12.6. The summed E-state index contributed by atoms with van der Waals surface area (Å²) in [7, 11) is -3.54. The minimum atomic E-state index is -3.54. The first kappa shape index (κ1) is 23.9. The third-order valence-corrected chi connectivity index (χ3v) is 8.28. The zero-order valence-corrected chi connectivity index (χ0v) is 19.4. The Labute approximate surface area is 190 Å². The summed E-state index contributed by atoms with van der Waals surface area (Å²) in [4.78, 5) is 35.9. The molecular weight excluding hydrogens is 454 g/mol. The molecule has 2 amide bonds. The summed E-state index contributed by atoms with van der Waals surface area (Å²) in [5, 5.41) is 7.00. The number of rotatable bonds is 7. The molecule has 1 aromatic heterocycles. The maximum Gasteiger partial charge on any atom is 0.309 e. The van der Waals surface area contributed by atoms with Gasteiger partial charge in [0.1, 0.15) is 4.21 Å². The molecule has 1 fully saturated rings. The number of hydrogen-bond acceptors (Lipinski definition) is 7. The highest BCUT2D eigenvalue weighted by atomic mass is 32.2. The van der Waals surface area contributed by atoms with Gasteiger partial charge in [-0.05, 0) is 55.5 Å². The molecule has 0 spiro atoms. The molecular formula is C21H25N3O6S2. The number of nitrogens with one attached hydrogen (secondary N) is 2. The lowest BCUT2D eigenvalue weighted by Crippen LogP contribution is -2.41. The van der Waals surface area contributed by atoms with Crippen LogP contribution < -0.4 is 10.6 Å². The molecule has 2 heterocycles. The van der Waals surface area contributed by atoms with E-state index in [0.29, 0.717) is 24.2 Å². The molecule has 1 aliphatic heterocycles. The van der Waals surface area contributed by atoms with Gasteiger partial charge in [0.2, 0.25) is 5.91 Å². The Morgan fingerprint density at radius 1 is 1.06 bits per heavy atom. The van der Waals surface area contributed by atoms with E-state index in [2.05, 4.69) is 10.6 Å². The van der Waals surface area contributed by atoms with Crippen LogP contribution in [0.15, 0.2) is 46.0 Å². The zero-order chi connectivity index (χ0) is 23.3. The highest BCUT2D eigenvalue weighted by Crippen LogP contribution is 2.27. The maximum atomic E-state index is 12.6. The van der Waals surface area contributed by atoms with Crippen LogP contribution in [0.3, 0.4) is 0 Å². The molecule has 1 aromatic carbocycles. The van der Waals surface area contributed by atoms with Gasteiger partial charge in [0, 0.05) is 31.4 Å². The number of anilines is 2. The molecule has 3 rings (SSSR count). The van der Waals surface area contributed by atoms with E-state index >= 15 is 0 Å². The molecule has 11 heteroatoms. The Morgan fingerprint density at radius 2 is 1.66 bits per heavy atom. The first-order valence-corrected chi connectivity index (χ1v) is 12.4. The van der Waals surface area contributed by atoms with E-state index < -0.39 is 33.9 Å². The molecule has 1 atom stereocenters. The van der Waals surface area contributed by atoms with E-state index in [1.165, 1.54) is 18.2 Å². The van der Waals surface area contributed by atoms with Crippen molar-refractivity contribution in [3.05, 3.63) is 41.8 Å². The Bertz CT molecular complexity index is 1060. The normalized spacial score (nSPS) is 16.2. The van der Waals surface area contributed by atoms with E-state index in [1.807, 2.05) is 0 Å². The van der Waals surface area contributed by atoms with Gasteiger partial charge < -0.3 is 15.4 Å². The van der Waals surface area contributed by atoms with Crippen molar-refractivity contribution >= 4 is 50.5 Å². The molecule has 0 radical (unpaired) electrons. The summed E-state index contributed by atoms with van der Waals surface area (Å²) in [6.07, 6.45) is -0.337. The van der Waals surface area contributed by atoms with Crippen LogP contribution in [0.5, 0.6) is 0 Å². The molecule has 2 N–H and O–H groups in total. The van der Waals surface area contributed by atoms with Gasteiger partial charge in [0.05, 0.1) is 5.92 Å². The van der Waals surface area contributed by atoms with Gasteiger partial charge in [-0.3, -0.25) is 14.4 Å². The predicted molar refractivity (Wildman–Crippen MR) is 121 cm³/mol. The van der Waals surface area contributed by atoms with Gasteiger partial charge >= 0.3 is 5.97 Å². The third-order valence-electron chi connectivity index (χ3n) is 5.01. The van der Waals surface area contributed by atoms with Crippen molar-refractivity contribution in [2.75, 3.05) is 23.7 Å². The second kappa shape index (κ2) is 10.2. The lowest BCUT2D eigenvalue weighted by atomic mass is 9.98. The number of piperidine rings is 1. The van der Waals surface area contributed by atoms with E-state index in [0.717, 1.165) is 11.3 Å². The lowest BCUT2D eigenvalue weighted by Gasteiger charge is -2.30. The predicted octanol–water partition coefficient (Wildman–Crippen LogP) is 2.68. The van der Waals surface area contributed by atoms with Crippen LogP contribution in [0.25, 0.3) is 0 Å². The number of ether oxygens (including phenoxy) is 1. The lowest BCUT2D eigenvalue weighted by molar-refractivity contribution is -0.158. The van der Waals surface area contributed by atoms with Gasteiger partial charge in [-0.1, -0.05) is 6.07 Å². The smallest absolute Gasteiger partial charge is 0.309 e. The van der Waals surface area contributed by atoms with Crippen molar-refractivity contribution in [3.8, 4) is 0 Å². The third kappa shape index (κ3) is 5.93. The second-order valence-electron chi connectivity index (χ2n) is 7.44. The summed E-state index contributed by atoms with van der Waals surface area (Å²) in [6, 6.07) is 9.79. The number of hydrogen-bond donors (Lipinski definition) is 2. The monoisotopic (exact) mass is 479 g/mol. The van der Waals surface area contributed by atoms with Crippen molar-refractivity contribution < 1.29 is 27.5 Å². The van der Waals surface area contributed by atoms with Crippen molar-refractivity contribution in [2.45, 2.75) is 37.0 Å². The second-order valence-corrected chi connectivity index (χ2v) is 10.5. The molecule has 172 valence electrons. The van der Waals surface area contributed by atoms with Crippen LogP contribution in [0.1, 0.15) is 26.7 Å². The highest BCUT2D eigenvalue weighted by molar-refractivity contribution is 7.91. The summed E-state index contributed by atoms with van der Waals surface area (Å²) in [5.41, 5.74) is 1.10. The van der Waals surface area contributed by atoms with E-state index in [1.54, 1.807) is 41.8 Å². The fraction of sp³-hybridized carbons (Fsp3) is 0.381. The zero-order valence-electron chi connectivity index (χ0n) is 17.7. The molecule has 32 heavy (non-hydrogen) atoms. The largest absolute Gasteiger partial charge is 0.452 e. The van der Waals surface area contributed by atoms with Gasteiger partial charge in [0.25, 0.3) is 15.9 Å². The average Bonchev–Trinajstić information content (AvgIpc) is 3.30. The van der Waals surface area contributed by atoms with E-state index in [4.69, 9.17) is 4.74 Å². The standard InChI is InChI=1S/C21H25N3O6S2/c1-14(20(26)23-18-7-5-17(6-8-18)22-15(2)25)30-21(27)16-9-11-24(12-10-16)32(28,29)19-4-3-13-31-19/h3-8,13-14,16H,9-12H2,1-2H3,(H,22,25)(H,23,26)/t14-/m0/s1. The number of sulfonamides is 1. The molecule has 2 aromatic rings. The number of nitrogens with zero attached hydrogens (tertiary/aromatic N) is 1. The molecule has 1 aliphatic rings. The fourth-order valence-electron chi connectivity index (χ4n) is 3.28. The van der Waals surface area contributed by atoms with E-state index in [-0.39, 0.29) is 23.2 Å². The molecule has 0 unspecified atom stereocenters. The molecule has 0 saturated carbocycles. The fourth-order valence-corrected chi connectivity index (χ4v) is 5.89. The van der Waals surface area contributed by atoms with Crippen molar-refractivity contribution in [2.24, 2.45) is 5.92 Å². The van der Waals surface area contributed by atoms with Crippen LogP contribution in [-0.2, 0) is 29.1 Å². The van der Waals surface area contributed by atoms with Gasteiger partial charge in [-0.25, -0.2) is 8.42 Å². The van der Waals surface area contributed by atoms with Crippen molar-refractivity contribution in [1.82, 2.24) is 4.31 Å². The topological polar surface area (TPSA) is 122 Å². The average molecular weight is 480 g/mol. The number of amides is 2. The van der Waals surface area contributed by atoms with E-state index in [9.17, 15) is 22.8 Å². The van der Waals surface area contributed by atoms with Crippen LogP contribution in [-0.4, -0.2) is 49.7 Å². The molecule has 0 aliphatic carbocycles. The van der Waals surface area contributed by atoms with Crippen LogP contribution in [0.2, 0.25) is 0 Å². The minimum absolute atomic E-state index is 0.197. The number of carbonyl (C=O) groups is 3. The Kier molecular flexibility index (Phi) is 7.64. The van der Waals surface area contributed by atoms with Crippen molar-refractivity contribution in [3.63, 3.8) is 0 Å². The molecule has 0 bridgehead atoms. The van der Waals surface area contributed by atoms with Crippen LogP contribution in [0, 0.1) is 5.92 Å². The summed E-state index contributed by atoms with van der Waals surface area (Å²) in [6.45, 7) is 3.33. The minimum Gasteiger partial charge on any atom is -0.452 e. The number of benzene rings is 1.